The van der Waals surface area contributed by atoms with Crippen molar-refractivity contribution in [3.05, 3.63) is 194 Å². The minimum Gasteiger partial charge on any atom is -0.455 e. The highest BCUT2D eigenvalue weighted by atomic mass is 32.1. The normalized spacial score (nSPS) is 12.1. The second kappa shape index (κ2) is 12.5. The van der Waals surface area contributed by atoms with Crippen LogP contribution in [0.15, 0.2) is 203 Å². The SMILES string of the molecule is c1ccc(-c2c(-c3ccc4ccccc4c3)oc3cc(-c4c5ccccc5c(-c5cccc6c5sc5ccccc56)c5ccccc45)c4oc5ccccc5c4c23)cc1. The van der Waals surface area contributed by atoms with Gasteiger partial charge in [0.05, 0.1) is 0 Å². The lowest BCUT2D eigenvalue weighted by atomic mass is 9.84. The Kier molecular flexibility index (Phi) is 6.92. The molecule has 0 fully saturated rings. The molecule has 0 atom stereocenters. The van der Waals surface area contributed by atoms with E-state index in [1.165, 1.54) is 63.6 Å². The lowest BCUT2D eigenvalue weighted by Crippen LogP contribution is -1.91. The maximum absolute atomic E-state index is 7.23. The third-order valence-corrected chi connectivity index (χ3v) is 13.5. The summed E-state index contributed by atoms with van der Waals surface area (Å²) in [5, 5.41) is 12.9. The Morgan fingerprint density at radius 3 is 1.71 bits per heavy atom. The van der Waals surface area contributed by atoms with E-state index in [4.69, 9.17) is 8.83 Å². The standard InChI is InChI=1S/C56H32O2S/c1-2-16-34(17-3-1)49-53-47(58-54(49)36-30-29-33-15-4-5-18-35(33)31-36)32-45(55-52(53)43-24-10-12-27-46(43)57-55)51-40-22-8-6-20-38(40)50(39-21-7-9-23-41(39)51)44-26-14-25-42-37-19-11-13-28-48(37)59-56(42)44/h1-32H. The summed E-state index contributed by atoms with van der Waals surface area (Å²) in [5.74, 6) is 0.849. The minimum atomic E-state index is 0.827. The second-order valence-electron chi connectivity index (χ2n) is 15.5. The Labute approximate surface area is 342 Å². The van der Waals surface area contributed by atoms with Gasteiger partial charge in [-0.25, -0.2) is 0 Å². The van der Waals surface area contributed by atoms with Gasteiger partial charge in [-0.05, 0) is 67.7 Å². The average molecular weight is 769 g/mol. The smallest absolute Gasteiger partial charge is 0.144 e. The van der Waals surface area contributed by atoms with Crippen molar-refractivity contribution in [1.29, 1.82) is 0 Å². The minimum absolute atomic E-state index is 0.827. The lowest BCUT2D eigenvalue weighted by Gasteiger charge is -2.18. The van der Waals surface area contributed by atoms with E-state index in [0.717, 1.165) is 66.5 Å². The van der Waals surface area contributed by atoms with Gasteiger partial charge in [0.1, 0.15) is 22.5 Å². The molecule has 0 saturated carbocycles. The first-order valence-corrected chi connectivity index (χ1v) is 20.9. The maximum atomic E-state index is 7.23. The van der Waals surface area contributed by atoms with Crippen LogP contribution in [0.25, 0.3) is 130 Å². The van der Waals surface area contributed by atoms with Crippen LogP contribution >= 0.6 is 11.3 Å². The summed E-state index contributed by atoms with van der Waals surface area (Å²) < 4.78 is 16.9. The summed E-state index contributed by atoms with van der Waals surface area (Å²) in [7, 11) is 0. The predicted molar refractivity (Wildman–Crippen MR) is 251 cm³/mol. The maximum Gasteiger partial charge on any atom is 0.144 e. The van der Waals surface area contributed by atoms with Crippen molar-refractivity contribution >= 4 is 96.7 Å². The van der Waals surface area contributed by atoms with Crippen molar-refractivity contribution in [3.63, 3.8) is 0 Å². The number of fused-ring (bicyclic) bond motifs is 11. The Bertz CT molecular complexity index is 3790. The van der Waals surface area contributed by atoms with Crippen LogP contribution in [0.1, 0.15) is 0 Å². The Hall–Kier alpha value is -7.46. The summed E-state index contributed by atoms with van der Waals surface area (Å²) >= 11 is 1.88. The quantitative estimate of drug-likeness (QED) is 0.167. The zero-order chi connectivity index (χ0) is 38.6. The highest BCUT2D eigenvalue weighted by Gasteiger charge is 2.28. The van der Waals surface area contributed by atoms with Crippen LogP contribution in [0.4, 0.5) is 0 Å². The fourth-order valence-electron chi connectivity index (χ4n) is 9.73. The topological polar surface area (TPSA) is 26.3 Å². The van der Waals surface area contributed by atoms with Gasteiger partial charge in [0, 0.05) is 64.1 Å². The van der Waals surface area contributed by atoms with Crippen LogP contribution in [-0.2, 0) is 0 Å². The molecule has 13 aromatic rings. The lowest BCUT2D eigenvalue weighted by molar-refractivity contribution is 0.632. The zero-order valence-electron chi connectivity index (χ0n) is 31.7. The van der Waals surface area contributed by atoms with Gasteiger partial charge in [0.25, 0.3) is 0 Å². The molecule has 3 heterocycles. The molecular weight excluding hydrogens is 737 g/mol. The highest BCUT2D eigenvalue weighted by molar-refractivity contribution is 7.26. The number of thiophene rings is 1. The Balaban J connectivity index is 1.18. The summed E-state index contributed by atoms with van der Waals surface area (Å²) in [6, 6.07) is 69.9. The molecule has 0 spiro atoms. The average Bonchev–Trinajstić information content (AvgIpc) is 4.00. The van der Waals surface area contributed by atoms with Crippen LogP contribution in [-0.4, -0.2) is 0 Å². The van der Waals surface area contributed by atoms with E-state index in [1.54, 1.807) is 0 Å². The molecule has 0 saturated heterocycles. The summed E-state index contributed by atoms with van der Waals surface area (Å²) in [6.45, 7) is 0. The molecule has 2 nitrogen and oxygen atoms in total. The monoisotopic (exact) mass is 768 g/mol. The molecule has 0 radical (unpaired) electrons. The molecule has 0 aliphatic rings. The summed E-state index contributed by atoms with van der Waals surface area (Å²) in [6.07, 6.45) is 0. The molecule has 0 unspecified atom stereocenters. The molecule has 0 aliphatic carbocycles. The van der Waals surface area contributed by atoms with E-state index < -0.39 is 0 Å². The third kappa shape index (κ3) is 4.74. The van der Waals surface area contributed by atoms with Gasteiger partial charge < -0.3 is 8.83 Å². The van der Waals surface area contributed by atoms with Crippen LogP contribution in [0.2, 0.25) is 0 Å². The first-order chi connectivity index (χ1) is 29.3. The Morgan fingerprint density at radius 2 is 0.949 bits per heavy atom. The molecule has 10 aromatic carbocycles. The number of hydrogen-bond acceptors (Lipinski definition) is 3. The van der Waals surface area contributed by atoms with Crippen LogP contribution < -0.4 is 0 Å². The van der Waals surface area contributed by atoms with E-state index in [9.17, 15) is 0 Å². The number of para-hydroxylation sites is 1. The van der Waals surface area contributed by atoms with E-state index in [0.29, 0.717) is 0 Å². The van der Waals surface area contributed by atoms with Crippen LogP contribution in [0, 0.1) is 0 Å². The van der Waals surface area contributed by atoms with E-state index in [1.807, 2.05) is 11.3 Å². The first-order valence-electron chi connectivity index (χ1n) is 20.1. The number of hydrogen-bond donors (Lipinski definition) is 0. The van der Waals surface area contributed by atoms with E-state index >= 15 is 0 Å². The van der Waals surface area contributed by atoms with Crippen molar-refractivity contribution in [2.75, 3.05) is 0 Å². The predicted octanol–water partition coefficient (Wildman–Crippen LogP) is 16.8. The van der Waals surface area contributed by atoms with Gasteiger partial charge in [-0.3, -0.25) is 0 Å². The molecule has 3 heteroatoms. The second-order valence-corrected chi connectivity index (χ2v) is 16.5. The van der Waals surface area contributed by atoms with Gasteiger partial charge in [0.2, 0.25) is 0 Å². The summed E-state index contributed by atoms with van der Waals surface area (Å²) in [5.41, 5.74) is 10.4. The van der Waals surface area contributed by atoms with E-state index in [2.05, 4.69) is 194 Å². The van der Waals surface area contributed by atoms with Gasteiger partial charge in [-0.2, -0.15) is 0 Å². The molecule has 0 amide bonds. The van der Waals surface area contributed by atoms with Crippen molar-refractivity contribution in [2.24, 2.45) is 0 Å². The fraction of sp³-hybridized carbons (Fsp3) is 0. The molecule has 0 bridgehead atoms. The summed E-state index contributed by atoms with van der Waals surface area (Å²) in [4.78, 5) is 0. The van der Waals surface area contributed by atoms with E-state index in [-0.39, 0.29) is 0 Å². The number of rotatable bonds is 4. The molecule has 3 aromatic heterocycles. The van der Waals surface area contributed by atoms with Gasteiger partial charge in [-0.15, -0.1) is 11.3 Å². The molecule has 0 aliphatic heterocycles. The van der Waals surface area contributed by atoms with Gasteiger partial charge in [-0.1, -0.05) is 170 Å². The first kappa shape index (κ1) is 32.6. The molecule has 0 N–H and O–H groups in total. The van der Waals surface area contributed by atoms with Crippen molar-refractivity contribution in [1.82, 2.24) is 0 Å². The van der Waals surface area contributed by atoms with Crippen LogP contribution in [0.3, 0.4) is 0 Å². The molecule has 13 rings (SSSR count). The van der Waals surface area contributed by atoms with Crippen molar-refractivity contribution in [2.45, 2.75) is 0 Å². The number of benzene rings is 10. The largest absolute Gasteiger partial charge is 0.455 e. The van der Waals surface area contributed by atoms with Crippen molar-refractivity contribution in [3.8, 4) is 44.7 Å². The van der Waals surface area contributed by atoms with Crippen molar-refractivity contribution < 1.29 is 8.83 Å². The molecule has 274 valence electrons. The Morgan fingerprint density at radius 1 is 0.339 bits per heavy atom. The van der Waals surface area contributed by atoms with Gasteiger partial charge >= 0.3 is 0 Å². The number of furan rings is 2. The zero-order valence-corrected chi connectivity index (χ0v) is 32.5. The third-order valence-electron chi connectivity index (χ3n) is 12.2. The molecule has 59 heavy (non-hydrogen) atoms. The molecular formula is C56H32O2S. The highest BCUT2D eigenvalue weighted by Crippen LogP contribution is 2.53. The van der Waals surface area contributed by atoms with Crippen LogP contribution in [0.5, 0.6) is 0 Å². The van der Waals surface area contributed by atoms with Gasteiger partial charge in [0.15, 0.2) is 0 Å². The fourth-order valence-corrected chi connectivity index (χ4v) is 11.0.